The van der Waals surface area contributed by atoms with E-state index in [1.807, 2.05) is 12.1 Å². The average Bonchev–Trinajstić information content (AvgIpc) is 3.17. The first-order valence-electron chi connectivity index (χ1n) is 5.82. The predicted octanol–water partition coefficient (Wildman–Crippen LogP) is 3.22. The Kier molecular flexibility index (Phi) is 3.27. The van der Waals surface area contributed by atoms with E-state index in [1.54, 1.807) is 18.2 Å². The number of benzene rings is 1. The van der Waals surface area contributed by atoms with Crippen LogP contribution in [-0.4, -0.2) is 10.2 Å². The van der Waals surface area contributed by atoms with Gasteiger partial charge in [0.2, 0.25) is 5.89 Å². The van der Waals surface area contributed by atoms with E-state index in [1.165, 1.54) is 12.5 Å². The third-order valence-corrected chi connectivity index (χ3v) is 3.32. The summed E-state index contributed by atoms with van der Waals surface area (Å²) < 4.78 is 10.5. The van der Waals surface area contributed by atoms with E-state index in [9.17, 15) is 0 Å². The average molecular weight is 283 g/mol. The number of rotatable bonds is 3. The van der Waals surface area contributed by atoms with Gasteiger partial charge >= 0.3 is 0 Å². The van der Waals surface area contributed by atoms with Crippen LogP contribution in [0.5, 0.6) is 0 Å². The van der Waals surface area contributed by atoms with Crippen LogP contribution in [0.3, 0.4) is 0 Å². The van der Waals surface area contributed by atoms with Gasteiger partial charge in [-0.15, -0.1) is 10.2 Å². The highest BCUT2D eigenvalue weighted by atomic mass is 32.1. The van der Waals surface area contributed by atoms with E-state index in [-0.39, 0.29) is 5.25 Å². The van der Waals surface area contributed by atoms with E-state index in [0.29, 0.717) is 17.3 Å². The smallest absolute Gasteiger partial charge is 0.251 e. The summed E-state index contributed by atoms with van der Waals surface area (Å²) in [5.74, 6) is 0.788. The van der Waals surface area contributed by atoms with Crippen LogP contribution in [-0.2, 0) is 0 Å². The number of nitriles is 1. The van der Waals surface area contributed by atoms with E-state index >= 15 is 0 Å². The fraction of sp³-hybridized carbons (Fsp3) is 0.0714. The first-order chi connectivity index (χ1) is 9.78. The zero-order valence-corrected chi connectivity index (χ0v) is 11.1. The van der Waals surface area contributed by atoms with Crippen LogP contribution in [0.1, 0.15) is 22.3 Å². The molecule has 20 heavy (non-hydrogen) atoms. The summed E-state index contributed by atoms with van der Waals surface area (Å²) in [6.07, 6.45) is 3.07. The Labute approximate surface area is 120 Å². The highest BCUT2D eigenvalue weighted by Crippen LogP contribution is 2.29. The number of furan rings is 1. The summed E-state index contributed by atoms with van der Waals surface area (Å²) in [4.78, 5) is 0. The molecule has 0 aliphatic heterocycles. The molecule has 0 aliphatic carbocycles. The SMILES string of the molecule is N#Cc1ccc(C(S)c2nnc(-c3ccoc3)o2)cc1. The van der Waals surface area contributed by atoms with Crippen LogP contribution in [0.4, 0.5) is 0 Å². The molecule has 3 aromatic rings. The van der Waals surface area contributed by atoms with Crippen LogP contribution in [0.25, 0.3) is 11.5 Å². The Bertz CT molecular complexity index is 742. The van der Waals surface area contributed by atoms with Crippen molar-refractivity contribution in [2.24, 2.45) is 0 Å². The third-order valence-electron chi connectivity index (χ3n) is 2.80. The Morgan fingerprint density at radius 3 is 2.60 bits per heavy atom. The maximum Gasteiger partial charge on any atom is 0.251 e. The van der Waals surface area contributed by atoms with Crippen molar-refractivity contribution in [3.8, 4) is 17.5 Å². The zero-order chi connectivity index (χ0) is 13.9. The molecule has 0 amide bonds. The molecule has 5 nitrogen and oxygen atoms in total. The second-order valence-corrected chi connectivity index (χ2v) is 4.61. The van der Waals surface area contributed by atoms with Crippen LogP contribution in [0, 0.1) is 11.3 Å². The Balaban J connectivity index is 1.87. The normalized spacial score (nSPS) is 12.0. The predicted molar refractivity (Wildman–Crippen MR) is 74.0 cm³/mol. The largest absolute Gasteiger partial charge is 0.472 e. The van der Waals surface area contributed by atoms with Gasteiger partial charge in [-0.05, 0) is 23.8 Å². The van der Waals surface area contributed by atoms with Gasteiger partial charge in [0.1, 0.15) is 11.5 Å². The van der Waals surface area contributed by atoms with Crippen molar-refractivity contribution < 1.29 is 8.83 Å². The van der Waals surface area contributed by atoms with Crippen molar-refractivity contribution in [3.63, 3.8) is 0 Å². The quantitative estimate of drug-likeness (QED) is 0.747. The van der Waals surface area contributed by atoms with Crippen LogP contribution in [0.2, 0.25) is 0 Å². The van der Waals surface area contributed by atoms with E-state index in [2.05, 4.69) is 28.9 Å². The van der Waals surface area contributed by atoms with E-state index < -0.39 is 0 Å². The first kappa shape index (κ1) is 12.5. The molecule has 2 aromatic heterocycles. The Morgan fingerprint density at radius 2 is 1.95 bits per heavy atom. The summed E-state index contributed by atoms with van der Waals surface area (Å²) >= 11 is 4.48. The molecule has 0 bridgehead atoms. The maximum absolute atomic E-state index is 8.77. The number of hydrogen-bond acceptors (Lipinski definition) is 6. The molecule has 0 N–H and O–H groups in total. The molecule has 0 saturated heterocycles. The van der Waals surface area contributed by atoms with Gasteiger partial charge in [0, 0.05) is 0 Å². The van der Waals surface area contributed by atoms with Gasteiger partial charge in [0.05, 0.1) is 23.5 Å². The van der Waals surface area contributed by atoms with Crippen molar-refractivity contribution in [2.75, 3.05) is 0 Å². The summed E-state index contributed by atoms with van der Waals surface area (Å²) in [5, 5.41) is 16.4. The van der Waals surface area contributed by atoms with Crippen molar-refractivity contribution in [1.29, 1.82) is 5.26 Å². The molecule has 0 saturated carbocycles. The molecule has 0 radical (unpaired) electrons. The van der Waals surface area contributed by atoms with Gasteiger partial charge < -0.3 is 8.83 Å². The fourth-order valence-electron chi connectivity index (χ4n) is 1.73. The molecule has 0 fully saturated rings. The topological polar surface area (TPSA) is 75.8 Å². The van der Waals surface area contributed by atoms with Crippen molar-refractivity contribution in [3.05, 3.63) is 59.9 Å². The standard InChI is InChI=1S/C14H9N3O2S/c15-7-9-1-3-10(4-2-9)12(20)14-17-16-13(19-14)11-5-6-18-8-11/h1-6,8,12,20H. The summed E-state index contributed by atoms with van der Waals surface area (Å²) in [7, 11) is 0. The Morgan fingerprint density at radius 1 is 1.15 bits per heavy atom. The third kappa shape index (κ3) is 2.31. The summed E-state index contributed by atoms with van der Waals surface area (Å²) in [5.41, 5.74) is 2.21. The Hall–Kier alpha value is -2.52. The van der Waals surface area contributed by atoms with E-state index in [0.717, 1.165) is 11.1 Å². The molecule has 0 aliphatic rings. The number of aromatic nitrogens is 2. The monoisotopic (exact) mass is 283 g/mol. The van der Waals surface area contributed by atoms with Gasteiger partial charge in [-0.1, -0.05) is 12.1 Å². The minimum Gasteiger partial charge on any atom is -0.472 e. The molecule has 1 aromatic carbocycles. The molecule has 98 valence electrons. The lowest BCUT2D eigenvalue weighted by Crippen LogP contribution is -1.93. The van der Waals surface area contributed by atoms with Gasteiger partial charge in [-0.2, -0.15) is 17.9 Å². The van der Waals surface area contributed by atoms with Gasteiger partial charge in [-0.25, -0.2) is 0 Å². The van der Waals surface area contributed by atoms with Gasteiger partial charge in [0.15, 0.2) is 0 Å². The van der Waals surface area contributed by atoms with Gasteiger partial charge in [-0.3, -0.25) is 0 Å². The molecule has 1 unspecified atom stereocenters. The molecule has 0 spiro atoms. The van der Waals surface area contributed by atoms with Crippen LogP contribution >= 0.6 is 12.6 Å². The van der Waals surface area contributed by atoms with Crippen molar-refractivity contribution >= 4 is 12.6 Å². The number of hydrogen-bond donors (Lipinski definition) is 1. The lowest BCUT2D eigenvalue weighted by molar-refractivity contribution is 0.513. The summed E-state index contributed by atoms with van der Waals surface area (Å²) in [6, 6.07) is 10.9. The number of nitrogens with zero attached hydrogens (tertiary/aromatic N) is 3. The highest BCUT2D eigenvalue weighted by molar-refractivity contribution is 7.80. The maximum atomic E-state index is 8.77. The van der Waals surface area contributed by atoms with Crippen LogP contribution in [0.15, 0.2) is 51.7 Å². The molecule has 6 heteroatoms. The van der Waals surface area contributed by atoms with Crippen LogP contribution < -0.4 is 0 Å². The second-order valence-electron chi connectivity index (χ2n) is 4.09. The molecule has 1 atom stereocenters. The molecular formula is C14H9N3O2S. The highest BCUT2D eigenvalue weighted by Gasteiger charge is 2.18. The lowest BCUT2D eigenvalue weighted by atomic mass is 10.1. The molecule has 2 heterocycles. The molecule has 3 rings (SSSR count). The van der Waals surface area contributed by atoms with Crippen molar-refractivity contribution in [2.45, 2.75) is 5.25 Å². The first-order valence-corrected chi connectivity index (χ1v) is 6.33. The zero-order valence-electron chi connectivity index (χ0n) is 10.2. The lowest BCUT2D eigenvalue weighted by Gasteiger charge is -2.05. The van der Waals surface area contributed by atoms with Gasteiger partial charge in [0.25, 0.3) is 5.89 Å². The minimum absolute atomic E-state index is 0.337. The van der Waals surface area contributed by atoms with E-state index in [4.69, 9.17) is 14.1 Å². The number of thiol groups is 1. The van der Waals surface area contributed by atoms with Crippen molar-refractivity contribution in [1.82, 2.24) is 10.2 Å². The molecular weight excluding hydrogens is 274 g/mol. The second kappa shape index (κ2) is 5.23. The fourth-order valence-corrected chi connectivity index (χ4v) is 2.01. The summed E-state index contributed by atoms with van der Waals surface area (Å²) in [6.45, 7) is 0. The minimum atomic E-state index is -0.337.